The third kappa shape index (κ3) is 5.11. The van der Waals surface area contributed by atoms with Gasteiger partial charge in [-0.3, -0.25) is 19.4 Å². The minimum Gasteiger partial charge on any atom is -0.348 e. The van der Waals surface area contributed by atoms with Crippen LogP contribution in [0.2, 0.25) is 0 Å². The number of aryl methyl sites for hydroxylation is 1. The zero-order valence-corrected chi connectivity index (χ0v) is 15.6. The number of carbonyl (C=O) groups is 1. The van der Waals surface area contributed by atoms with Crippen molar-refractivity contribution < 1.29 is 4.79 Å². The van der Waals surface area contributed by atoms with Crippen LogP contribution in [0.25, 0.3) is 0 Å². The number of aromatic nitrogens is 4. The standard InChI is InChI=1S/C19H28N6O/c1-15(2)21-19(26)18-14-25(23-22-18)12-9-17-8-4-6-11-24(17)13-16-7-3-5-10-20-16/h3,5,7,10,14-15,17H,4,6,8-9,11-13H2,1-2H3,(H,21,26)/t17-/m1/s1. The van der Waals surface area contributed by atoms with Gasteiger partial charge in [-0.1, -0.05) is 17.7 Å². The van der Waals surface area contributed by atoms with Gasteiger partial charge in [0.15, 0.2) is 5.69 Å². The van der Waals surface area contributed by atoms with Gasteiger partial charge in [0.1, 0.15) is 0 Å². The molecule has 0 saturated carbocycles. The highest BCUT2D eigenvalue weighted by Crippen LogP contribution is 2.22. The van der Waals surface area contributed by atoms with E-state index < -0.39 is 0 Å². The molecule has 0 aromatic carbocycles. The first-order chi connectivity index (χ1) is 12.6. The molecule has 0 radical (unpaired) electrons. The Morgan fingerprint density at radius 2 is 2.23 bits per heavy atom. The average molecular weight is 356 g/mol. The lowest BCUT2D eigenvalue weighted by Crippen LogP contribution is -2.39. The van der Waals surface area contributed by atoms with Gasteiger partial charge in [0.05, 0.1) is 11.9 Å². The molecule has 0 unspecified atom stereocenters. The van der Waals surface area contributed by atoms with Crippen molar-refractivity contribution in [2.45, 2.75) is 64.7 Å². The van der Waals surface area contributed by atoms with Crippen molar-refractivity contribution in [3.63, 3.8) is 0 Å². The van der Waals surface area contributed by atoms with Crippen LogP contribution < -0.4 is 5.32 Å². The average Bonchev–Trinajstić information content (AvgIpc) is 3.10. The van der Waals surface area contributed by atoms with Gasteiger partial charge in [-0.05, 0) is 51.8 Å². The largest absolute Gasteiger partial charge is 0.348 e. The van der Waals surface area contributed by atoms with E-state index in [-0.39, 0.29) is 11.9 Å². The lowest BCUT2D eigenvalue weighted by Gasteiger charge is -2.35. The monoisotopic (exact) mass is 356 g/mol. The summed E-state index contributed by atoms with van der Waals surface area (Å²) in [5, 5.41) is 11.0. The number of nitrogens with zero attached hydrogens (tertiary/aromatic N) is 5. The van der Waals surface area contributed by atoms with Crippen LogP contribution in [0, 0.1) is 0 Å². The number of hydrogen-bond donors (Lipinski definition) is 1. The van der Waals surface area contributed by atoms with Gasteiger partial charge in [0, 0.05) is 31.4 Å². The summed E-state index contributed by atoms with van der Waals surface area (Å²) in [5.41, 5.74) is 1.50. The van der Waals surface area contributed by atoms with Gasteiger partial charge in [0.25, 0.3) is 5.91 Å². The number of pyridine rings is 1. The molecule has 1 N–H and O–H groups in total. The van der Waals surface area contributed by atoms with E-state index in [1.807, 2.05) is 32.2 Å². The summed E-state index contributed by atoms with van der Waals surface area (Å²) in [6.45, 7) is 6.64. The van der Waals surface area contributed by atoms with E-state index in [1.54, 1.807) is 10.9 Å². The molecule has 2 aromatic heterocycles. The molecule has 0 spiro atoms. The molecule has 7 heteroatoms. The number of hydrogen-bond acceptors (Lipinski definition) is 5. The third-order valence-electron chi connectivity index (χ3n) is 4.72. The molecule has 1 aliphatic rings. The van der Waals surface area contributed by atoms with E-state index in [0.29, 0.717) is 11.7 Å². The predicted octanol–water partition coefficient (Wildman–Crippen LogP) is 2.26. The van der Waals surface area contributed by atoms with Gasteiger partial charge in [-0.15, -0.1) is 5.10 Å². The molecule has 1 saturated heterocycles. The van der Waals surface area contributed by atoms with E-state index in [1.165, 1.54) is 19.3 Å². The molecule has 7 nitrogen and oxygen atoms in total. The fourth-order valence-electron chi connectivity index (χ4n) is 3.42. The van der Waals surface area contributed by atoms with Crippen molar-refractivity contribution in [3.05, 3.63) is 42.0 Å². The van der Waals surface area contributed by atoms with E-state index >= 15 is 0 Å². The van der Waals surface area contributed by atoms with Crippen molar-refractivity contribution in [2.75, 3.05) is 6.54 Å². The molecule has 0 aliphatic carbocycles. The summed E-state index contributed by atoms with van der Waals surface area (Å²) >= 11 is 0. The molecule has 3 rings (SSSR count). The van der Waals surface area contributed by atoms with Gasteiger partial charge in [-0.25, -0.2) is 0 Å². The summed E-state index contributed by atoms with van der Waals surface area (Å²) in [6, 6.07) is 6.69. The molecular formula is C19H28N6O. The highest BCUT2D eigenvalue weighted by molar-refractivity contribution is 5.91. The second kappa shape index (κ2) is 8.89. The Kier molecular flexibility index (Phi) is 6.33. The minimum atomic E-state index is -0.166. The Labute approximate surface area is 154 Å². The topological polar surface area (TPSA) is 75.9 Å². The second-order valence-corrected chi connectivity index (χ2v) is 7.22. The third-order valence-corrected chi connectivity index (χ3v) is 4.72. The number of rotatable bonds is 7. The number of piperidine rings is 1. The maximum absolute atomic E-state index is 12.0. The molecule has 3 heterocycles. The second-order valence-electron chi connectivity index (χ2n) is 7.22. The lowest BCUT2D eigenvalue weighted by molar-refractivity contribution is 0.0938. The minimum absolute atomic E-state index is 0.0926. The molecule has 1 fully saturated rings. The van der Waals surface area contributed by atoms with Crippen LogP contribution in [-0.4, -0.2) is 49.4 Å². The zero-order chi connectivity index (χ0) is 18.4. The first kappa shape index (κ1) is 18.5. The van der Waals surface area contributed by atoms with Crippen LogP contribution in [0.1, 0.15) is 55.7 Å². The summed E-state index contributed by atoms with van der Waals surface area (Å²) < 4.78 is 1.78. The van der Waals surface area contributed by atoms with E-state index in [2.05, 4.69) is 31.6 Å². The summed E-state index contributed by atoms with van der Waals surface area (Å²) in [7, 11) is 0. The molecule has 140 valence electrons. The molecule has 1 aliphatic heterocycles. The summed E-state index contributed by atoms with van der Waals surface area (Å²) in [5.74, 6) is -0.166. The molecular weight excluding hydrogens is 328 g/mol. The van der Waals surface area contributed by atoms with Gasteiger partial charge in [-0.2, -0.15) is 0 Å². The number of likely N-dealkylation sites (tertiary alicyclic amines) is 1. The Morgan fingerprint density at radius 3 is 3.00 bits per heavy atom. The summed E-state index contributed by atoms with van der Waals surface area (Å²) in [4.78, 5) is 19.0. The first-order valence-corrected chi connectivity index (χ1v) is 9.47. The Hall–Kier alpha value is -2.28. The van der Waals surface area contributed by atoms with Crippen molar-refractivity contribution in [3.8, 4) is 0 Å². The molecule has 1 atom stereocenters. The van der Waals surface area contributed by atoms with Crippen LogP contribution in [0.5, 0.6) is 0 Å². The molecule has 2 aromatic rings. The van der Waals surface area contributed by atoms with Crippen LogP contribution in [0.4, 0.5) is 0 Å². The zero-order valence-electron chi connectivity index (χ0n) is 15.6. The Morgan fingerprint density at radius 1 is 1.35 bits per heavy atom. The maximum Gasteiger partial charge on any atom is 0.273 e. The van der Waals surface area contributed by atoms with Gasteiger partial charge < -0.3 is 5.32 Å². The number of nitrogens with one attached hydrogen (secondary N) is 1. The first-order valence-electron chi connectivity index (χ1n) is 9.47. The fourth-order valence-corrected chi connectivity index (χ4v) is 3.42. The fraction of sp³-hybridized carbons (Fsp3) is 0.579. The SMILES string of the molecule is CC(C)NC(=O)c1cn(CC[C@H]2CCCCN2Cc2ccccn2)nn1. The Bertz CT molecular complexity index is 699. The molecule has 26 heavy (non-hydrogen) atoms. The van der Waals surface area contributed by atoms with Gasteiger partial charge in [0.2, 0.25) is 0 Å². The quantitative estimate of drug-likeness (QED) is 0.823. The lowest BCUT2D eigenvalue weighted by atomic mass is 9.99. The van der Waals surface area contributed by atoms with Crippen LogP contribution in [0.15, 0.2) is 30.6 Å². The number of amides is 1. The smallest absolute Gasteiger partial charge is 0.273 e. The van der Waals surface area contributed by atoms with E-state index in [9.17, 15) is 4.79 Å². The highest BCUT2D eigenvalue weighted by Gasteiger charge is 2.23. The van der Waals surface area contributed by atoms with Crippen molar-refractivity contribution in [1.82, 2.24) is 30.2 Å². The van der Waals surface area contributed by atoms with E-state index in [4.69, 9.17) is 0 Å². The van der Waals surface area contributed by atoms with E-state index in [0.717, 1.165) is 31.7 Å². The van der Waals surface area contributed by atoms with Crippen molar-refractivity contribution in [2.24, 2.45) is 0 Å². The van der Waals surface area contributed by atoms with Crippen molar-refractivity contribution >= 4 is 5.91 Å². The maximum atomic E-state index is 12.0. The number of carbonyl (C=O) groups excluding carboxylic acids is 1. The van der Waals surface area contributed by atoms with Crippen molar-refractivity contribution in [1.29, 1.82) is 0 Å². The van der Waals surface area contributed by atoms with Crippen LogP contribution in [0.3, 0.4) is 0 Å². The van der Waals surface area contributed by atoms with Crippen LogP contribution in [-0.2, 0) is 13.1 Å². The Balaban J connectivity index is 1.55. The summed E-state index contributed by atoms with van der Waals surface area (Å²) in [6.07, 6.45) is 8.30. The normalized spacial score (nSPS) is 18.2. The molecule has 0 bridgehead atoms. The molecule has 1 amide bonds. The van der Waals surface area contributed by atoms with Gasteiger partial charge >= 0.3 is 0 Å². The van der Waals surface area contributed by atoms with Crippen LogP contribution >= 0.6 is 0 Å². The highest BCUT2D eigenvalue weighted by atomic mass is 16.2. The predicted molar refractivity (Wildman–Crippen MR) is 99.5 cm³/mol.